The third-order valence-corrected chi connectivity index (χ3v) is 5.58. The highest BCUT2D eigenvalue weighted by Crippen LogP contribution is 2.27. The number of hydrogen-bond acceptors (Lipinski definition) is 5. The average molecular weight is 407 g/mol. The number of nitrogens with zero attached hydrogens (tertiary/aromatic N) is 3. The van der Waals surface area contributed by atoms with Gasteiger partial charge in [0.1, 0.15) is 10.8 Å². The molecule has 0 aliphatic carbocycles. The number of rotatable bonds is 7. The molecule has 0 saturated heterocycles. The van der Waals surface area contributed by atoms with Gasteiger partial charge < -0.3 is 10.1 Å². The lowest BCUT2D eigenvalue weighted by atomic mass is 10.1. The van der Waals surface area contributed by atoms with E-state index >= 15 is 0 Å². The fraction of sp³-hybridized carbons (Fsp3) is 0.227. The summed E-state index contributed by atoms with van der Waals surface area (Å²) in [5.41, 5.74) is 3.32. The van der Waals surface area contributed by atoms with E-state index in [0.717, 1.165) is 39.1 Å². The lowest BCUT2D eigenvalue weighted by Gasteiger charge is -2.08. The molecule has 29 heavy (non-hydrogen) atoms. The number of fused-ring (bicyclic) bond motifs is 1. The zero-order valence-electron chi connectivity index (χ0n) is 16.4. The van der Waals surface area contributed by atoms with Crippen molar-refractivity contribution in [2.75, 3.05) is 6.61 Å². The molecular formula is C22H22N4O2S. The predicted molar refractivity (Wildman–Crippen MR) is 114 cm³/mol. The van der Waals surface area contributed by atoms with Crippen LogP contribution in [0.5, 0.6) is 5.75 Å². The number of imidazole rings is 1. The molecule has 0 unspecified atom stereocenters. The molecule has 2 aromatic carbocycles. The van der Waals surface area contributed by atoms with E-state index in [1.165, 1.54) is 0 Å². The van der Waals surface area contributed by atoms with Crippen molar-refractivity contribution < 1.29 is 9.53 Å². The van der Waals surface area contributed by atoms with E-state index in [4.69, 9.17) is 9.72 Å². The Bertz CT molecular complexity index is 1120. The Morgan fingerprint density at radius 2 is 1.86 bits per heavy atom. The summed E-state index contributed by atoms with van der Waals surface area (Å²) in [5.74, 6) is 0.607. The summed E-state index contributed by atoms with van der Waals surface area (Å²) in [4.78, 5) is 18.3. The lowest BCUT2D eigenvalue weighted by Crippen LogP contribution is -2.24. The molecule has 0 bridgehead atoms. The van der Waals surface area contributed by atoms with Crippen LogP contribution in [0, 0.1) is 0 Å². The maximum absolute atomic E-state index is 12.7. The van der Waals surface area contributed by atoms with Crippen LogP contribution in [0.2, 0.25) is 0 Å². The Morgan fingerprint density at radius 1 is 1.10 bits per heavy atom. The predicted octanol–water partition coefficient (Wildman–Crippen LogP) is 4.35. The highest BCUT2D eigenvalue weighted by molar-refractivity contribution is 7.16. The first kappa shape index (κ1) is 19.1. The highest BCUT2D eigenvalue weighted by Gasteiger charge is 2.18. The van der Waals surface area contributed by atoms with Gasteiger partial charge in [-0.3, -0.25) is 4.79 Å². The number of ether oxygens (including phenoxy) is 1. The summed E-state index contributed by atoms with van der Waals surface area (Å²) in [6, 6.07) is 17.1. The van der Waals surface area contributed by atoms with Gasteiger partial charge in [0.2, 0.25) is 4.96 Å². The molecule has 0 radical (unpaired) electrons. The molecule has 0 aliphatic rings. The Morgan fingerprint density at radius 3 is 2.55 bits per heavy atom. The van der Waals surface area contributed by atoms with Crippen LogP contribution in [0.15, 0.2) is 54.6 Å². The molecular weight excluding hydrogens is 384 g/mol. The minimum Gasteiger partial charge on any atom is -0.494 e. The molecule has 0 aliphatic heterocycles. The number of nitrogens with one attached hydrogen (secondary N) is 1. The number of amides is 1. The number of carbonyl (C=O) groups is 1. The van der Waals surface area contributed by atoms with Gasteiger partial charge >= 0.3 is 0 Å². The van der Waals surface area contributed by atoms with E-state index in [0.29, 0.717) is 18.7 Å². The van der Waals surface area contributed by atoms with Gasteiger partial charge in [0.05, 0.1) is 24.5 Å². The van der Waals surface area contributed by atoms with Crippen LogP contribution in [-0.4, -0.2) is 27.1 Å². The monoisotopic (exact) mass is 406 g/mol. The van der Waals surface area contributed by atoms with Gasteiger partial charge in [0, 0.05) is 11.1 Å². The van der Waals surface area contributed by atoms with E-state index < -0.39 is 0 Å². The minimum absolute atomic E-state index is 0.145. The van der Waals surface area contributed by atoms with Gasteiger partial charge in [-0.1, -0.05) is 48.6 Å². The third-order valence-electron chi connectivity index (χ3n) is 4.53. The summed E-state index contributed by atoms with van der Waals surface area (Å²) >= 11 is 1.58. The van der Waals surface area contributed by atoms with Crippen molar-refractivity contribution >= 4 is 22.2 Å². The molecule has 2 aromatic heterocycles. The fourth-order valence-corrected chi connectivity index (χ4v) is 3.95. The van der Waals surface area contributed by atoms with E-state index in [9.17, 15) is 4.79 Å². The van der Waals surface area contributed by atoms with Crippen molar-refractivity contribution in [3.05, 3.63) is 70.9 Å². The second-order valence-corrected chi connectivity index (χ2v) is 7.50. The van der Waals surface area contributed by atoms with Gasteiger partial charge in [-0.15, -0.1) is 0 Å². The lowest BCUT2D eigenvalue weighted by molar-refractivity contribution is 0.0950. The highest BCUT2D eigenvalue weighted by atomic mass is 32.1. The summed E-state index contributed by atoms with van der Waals surface area (Å²) in [7, 11) is 0. The smallest absolute Gasteiger partial charge is 0.251 e. The molecule has 0 atom stereocenters. The molecule has 1 amide bonds. The molecule has 0 spiro atoms. The molecule has 7 heteroatoms. The zero-order valence-corrected chi connectivity index (χ0v) is 17.2. The minimum atomic E-state index is -0.145. The second-order valence-electron chi connectivity index (χ2n) is 6.46. The van der Waals surface area contributed by atoms with Gasteiger partial charge in [-0.05, 0) is 37.6 Å². The molecule has 4 aromatic rings. The SMILES string of the molecule is CCOc1ccc(C(=O)NCc2c(-c3ccccc3)nc3sc(CC)nn23)cc1. The quantitative estimate of drug-likeness (QED) is 0.495. The summed E-state index contributed by atoms with van der Waals surface area (Å²) in [6.45, 7) is 4.94. The Labute approximate surface area is 173 Å². The third kappa shape index (κ3) is 4.00. The van der Waals surface area contributed by atoms with Crippen LogP contribution in [0.1, 0.15) is 34.9 Å². The Balaban J connectivity index is 1.60. The summed E-state index contributed by atoms with van der Waals surface area (Å²) < 4.78 is 7.29. The molecule has 4 rings (SSSR count). The van der Waals surface area contributed by atoms with Crippen molar-refractivity contribution in [1.29, 1.82) is 0 Å². The van der Waals surface area contributed by atoms with Gasteiger partial charge in [0.15, 0.2) is 0 Å². The molecule has 0 saturated carbocycles. The number of aromatic nitrogens is 3. The van der Waals surface area contributed by atoms with Gasteiger partial charge in [0.25, 0.3) is 5.91 Å². The molecule has 6 nitrogen and oxygen atoms in total. The first-order valence-corrected chi connectivity index (χ1v) is 10.4. The topological polar surface area (TPSA) is 68.5 Å². The van der Waals surface area contributed by atoms with Gasteiger partial charge in [-0.25, -0.2) is 9.50 Å². The zero-order chi connectivity index (χ0) is 20.2. The molecule has 148 valence electrons. The van der Waals surface area contributed by atoms with E-state index in [-0.39, 0.29) is 5.91 Å². The van der Waals surface area contributed by atoms with Gasteiger partial charge in [-0.2, -0.15) is 5.10 Å². The van der Waals surface area contributed by atoms with Crippen LogP contribution in [0.3, 0.4) is 0 Å². The Kier molecular flexibility index (Phi) is 5.57. The van der Waals surface area contributed by atoms with Crippen molar-refractivity contribution in [3.8, 4) is 17.0 Å². The van der Waals surface area contributed by atoms with Crippen molar-refractivity contribution in [2.24, 2.45) is 0 Å². The number of carbonyl (C=O) groups excluding carboxylic acids is 1. The maximum atomic E-state index is 12.7. The standard InChI is InChI=1S/C22H22N4O2S/c1-3-19-25-26-18(20(24-22(26)29-19)15-8-6-5-7-9-15)14-23-21(27)16-10-12-17(13-11-16)28-4-2/h5-13H,3-4,14H2,1-2H3,(H,23,27). The first-order chi connectivity index (χ1) is 14.2. The van der Waals surface area contributed by atoms with Crippen molar-refractivity contribution in [2.45, 2.75) is 26.8 Å². The van der Waals surface area contributed by atoms with E-state index in [2.05, 4.69) is 17.3 Å². The average Bonchev–Trinajstić information content (AvgIpc) is 3.31. The molecule has 0 fully saturated rings. The first-order valence-electron chi connectivity index (χ1n) is 9.63. The normalized spacial score (nSPS) is 11.0. The van der Waals surface area contributed by atoms with Crippen LogP contribution < -0.4 is 10.1 Å². The van der Waals surface area contributed by atoms with E-state index in [1.807, 2.05) is 41.8 Å². The number of hydrogen-bond donors (Lipinski definition) is 1. The van der Waals surface area contributed by atoms with Crippen LogP contribution in [0.4, 0.5) is 0 Å². The van der Waals surface area contributed by atoms with Crippen LogP contribution in [-0.2, 0) is 13.0 Å². The number of aryl methyl sites for hydroxylation is 1. The van der Waals surface area contributed by atoms with Crippen LogP contribution >= 0.6 is 11.3 Å². The maximum Gasteiger partial charge on any atom is 0.251 e. The fourth-order valence-electron chi connectivity index (χ4n) is 3.09. The molecule has 1 N–H and O–H groups in total. The molecule has 2 heterocycles. The summed E-state index contributed by atoms with van der Waals surface area (Å²) in [6.07, 6.45) is 0.854. The van der Waals surface area contributed by atoms with Crippen molar-refractivity contribution in [3.63, 3.8) is 0 Å². The summed E-state index contributed by atoms with van der Waals surface area (Å²) in [5, 5.41) is 8.69. The second kappa shape index (κ2) is 8.45. The largest absolute Gasteiger partial charge is 0.494 e. The number of benzene rings is 2. The van der Waals surface area contributed by atoms with Crippen LogP contribution in [0.25, 0.3) is 16.2 Å². The van der Waals surface area contributed by atoms with E-state index in [1.54, 1.807) is 35.6 Å². The Hall–Kier alpha value is -3.19. The van der Waals surface area contributed by atoms with Crippen molar-refractivity contribution in [1.82, 2.24) is 19.9 Å².